The second-order valence-corrected chi connectivity index (χ2v) is 8.91. The van der Waals surface area contributed by atoms with Crippen LogP contribution in [0.4, 0.5) is 0 Å². The van der Waals surface area contributed by atoms with Crippen molar-refractivity contribution in [1.82, 2.24) is 4.98 Å². The highest BCUT2D eigenvalue weighted by Gasteiger charge is 2.17. The number of carbonyl (C=O) groups is 1. The third-order valence-electron chi connectivity index (χ3n) is 4.44. The third kappa shape index (κ3) is 3.75. The highest BCUT2D eigenvalue weighted by atomic mass is 32.2. The Hall–Kier alpha value is -2.73. The number of carboxylic acids is 1. The second kappa shape index (κ2) is 6.88. The van der Waals surface area contributed by atoms with Crippen molar-refractivity contribution in [2.24, 2.45) is 0 Å². The van der Waals surface area contributed by atoms with Gasteiger partial charge in [0.1, 0.15) is 9.84 Å². The van der Waals surface area contributed by atoms with Crippen molar-refractivity contribution < 1.29 is 18.3 Å². The fraction of sp³-hybridized carbons (Fsp3) is 0.200. The number of pyridine rings is 1. The van der Waals surface area contributed by atoms with E-state index in [0.29, 0.717) is 6.42 Å². The number of rotatable bonds is 5. The molecule has 5 nitrogen and oxygen atoms in total. The lowest BCUT2D eigenvalue weighted by molar-refractivity contribution is 0.0697. The second-order valence-electron chi connectivity index (χ2n) is 6.45. The zero-order valence-corrected chi connectivity index (χ0v) is 15.3. The van der Waals surface area contributed by atoms with Crippen molar-refractivity contribution in [2.45, 2.75) is 18.6 Å². The van der Waals surface area contributed by atoms with Crippen LogP contribution in [-0.2, 0) is 16.3 Å². The Kier molecular flexibility index (Phi) is 4.78. The lowest BCUT2D eigenvalue weighted by atomic mass is 9.96. The molecule has 3 rings (SSSR count). The minimum absolute atomic E-state index is 0.196. The Morgan fingerprint density at radius 2 is 1.92 bits per heavy atom. The molecule has 134 valence electrons. The molecule has 1 atom stereocenters. The molecule has 0 amide bonds. The van der Waals surface area contributed by atoms with E-state index in [-0.39, 0.29) is 5.56 Å². The summed E-state index contributed by atoms with van der Waals surface area (Å²) in [6.45, 7) is 1.69. The van der Waals surface area contributed by atoms with E-state index >= 15 is 0 Å². The van der Waals surface area contributed by atoms with Gasteiger partial charge in [-0.3, -0.25) is 4.98 Å². The number of aromatic carboxylic acids is 1. The molecule has 0 bridgehead atoms. The Labute approximate surface area is 152 Å². The van der Waals surface area contributed by atoms with Gasteiger partial charge in [-0.15, -0.1) is 0 Å². The van der Waals surface area contributed by atoms with Crippen LogP contribution in [0.3, 0.4) is 0 Å². The van der Waals surface area contributed by atoms with Crippen molar-refractivity contribution in [3.05, 3.63) is 65.9 Å². The summed E-state index contributed by atoms with van der Waals surface area (Å²) in [7, 11) is -3.14. The number of carboxylic acid groups (broad SMARTS) is 1. The first-order chi connectivity index (χ1) is 12.3. The summed E-state index contributed by atoms with van der Waals surface area (Å²) in [5.41, 5.74) is 3.36. The third-order valence-corrected chi connectivity index (χ3v) is 6.07. The molecular formula is C20H19NO4S. The first kappa shape index (κ1) is 18.1. The zero-order valence-electron chi connectivity index (χ0n) is 14.5. The van der Waals surface area contributed by atoms with Gasteiger partial charge in [0.05, 0.1) is 16.3 Å². The van der Waals surface area contributed by atoms with Crippen molar-refractivity contribution in [3.8, 4) is 11.1 Å². The molecular weight excluding hydrogens is 350 g/mol. The first-order valence-electron chi connectivity index (χ1n) is 8.16. The van der Waals surface area contributed by atoms with Crippen molar-refractivity contribution in [3.63, 3.8) is 0 Å². The van der Waals surface area contributed by atoms with E-state index in [9.17, 15) is 18.3 Å². The number of aromatic nitrogens is 1. The summed E-state index contributed by atoms with van der Waals surface area (Å²) in [5.74, 6) is -0.994. The van der Waals surface area contributed by atoms with Gasteiger partial charge in [0.25, 0.3) is 0 Å². The molecule has 0 spiro atoms. The summed E-state index contributed by atoms with van der Waals surface area (Å²) in [4.78, 5) is 15.7. The minimum atomic E-state index is -3.14. The van der Waals surface area contributed by atoms with E-state index in [1.54, 1.807) is 25.3 Å². The minimum Gasteiger partial charge on any atom is -0.478 e. The summed E-state index contributed by atoms with van der Waals surface area (Å²) < 4.78 is 23.6. The fourth-order valence-electron chi connectivity index (χ4n) is 2.90. The van der Waals surface area contributed by atoms with Gasteiger partial charge >= 0.3 is 5.97 Å². The maximum absolute atomic E-state index is 11.8. The highest BCUT2D eigenvalue weighted by molar-refractivity contribution is 7.91. The van der Waals surface area contributed by atoms with Crippen LogP contribution in [0.1, 0.15) is 22.8 Å². The van der Waals surface area contributed by atoms with E-state index in [1.165, 1.54) is 12.3 Å². The van der Waals surface area contributed by atoms with E-state index in [0.717, 1.165) is 27.6 Å². The number of hydrogen-bond acceptors (Lipinski definition) is 4. The number of benzene rings is 2. The van der Waals surface area contributed by atoms with Crippen LogP contribution in [0.15, 0.2) is 54.7 Å². The Morgan fingerprint density at radius 3 is 2.62 bits per heavy atom. The topological polar surface area (TPSA) is 84.3 Å². The van der Waals surface area contributed by atoms with E-state index in [1.807, 2.05) is 30.3 Å². The van der Waals surface area contributed by atoms with Crippen molar-refractivity contribution >= 4 is 26.7 Å². The van der Waals surface area contributed by atoms with Gasteiger partial charge in [0, 0.05) is 23.4 Å². The molecule has 2 aromatic carbocycles. The van der Waals surface area contributed by atoms with E-state index < -0.39 is 21.1 Å². The van der Waals surface area contributed by atoms with Crippen LogP contribution >= 0.6 is 0 Å². The molecule has 1 unspecified atom stereocenters. The van der Waals surface area contributed by atoms with Gasteiger partial charge < -0.3 is 5.11 Å². The van der Waals surface area contributed by atoms with Gasteiger partial charge in [-0.2, -0.15) is 0 Å². The smallest absolute Gasteiger partial charge is 0.335 e. The highest BCUT2D eigenvalue weighted by Crippen LogP contribution is 2.30. The molecule has 6 heteroatoms. The maximum atomic E-state index is 11.8. The zero-order chi connectivity index (χ0) is 18.9. The Balaban J connectivity index is 2.17. The molecule has 1 aromatic heterocycles. The van der Waals surface area contributed by atoms with E-state index in [2.05, 4.69) is 4.98 Å². The van der Waals surface area contributed by atoms with Crippen LogP contribution < -0.4 is 0 Å². The monoisotopic (exact) mass is 369 g/mol. The molecule has 0 saturated carbocycles. The lowest BCUT2D eigenvalue weighted by Gasteiger charge is -2.13. The normalized spacial score (nSPS) is 12.8. The van der Waals surface area contributed by atoms with Crippen LogP contribution in [0.5, 0.6) is 0 Å². The first-order valence-corrected chi connectivity index (χ1v) is 10.1. The molecule has 26 heavy (non-hydrogen) atoms. The largest absolute Gasteiger partial charge is 0.478 e. The van der Waals surface area contributed by atoms with Crippen LogP contribution in [0.25, 0.3) is 22.0 Å². The maximum Gasteiger partial charge on any atom is 0.335 e. The molecule has 0 radical (unpaired) electrons. The van der Waals surface area contributed by atoms with Crippen molar-refractivity contribution in [2.75, 3.05) is 6.26 Å². The number of fused-ring (bicyclic) bond motifs is 1. The standard InChI is InChI=1S/C20H19NO4S/c1-13(26(2,24)25)9-14-10-16-7-4-8-21-19(16)18(11-14)15-5-3-6-17(12-15)20(22)23/h3-8,10-13H,9H2,1-2H3,(H,22,23). The Bertz CT molecular complexity index is 1090. The molecule has 0 fully saturated rings. The SMILES string of the molecule is CC(Cc1cc(-c2cccc(C(=O)O)c2)c2ncccc2c1)S(C)(=O)=O. The van der Waals surface area contributed by atoms with E-state index in [4.69, 9.17) is 0 Å². The predicted octanol–water partition coefficient (Wildman–Crippen LogP) is 3.58. The average Bonchev–Trinajstić information content (AvgIpc) is 2.60. The summed E-state index contributed by atoms with van der Waals surface area (Å²) >= 11 is 0. The summed E-state index contributed by atoms with van der Waals surface area (Å²) in [6.07, 6.45) is 3.30. The van der Waals surface area contributed by atoms with Crippen LogP contribution in [-0.4, -0.2) is 36.0 Å². The van der Waals surface area contributed by atoms with Crippen molar-refractivity contribution in [1.29, 1.82) is 0 Å². The lowest BCUT2D eigenvalue weighted by Crippen LogP contribution is -2.18. The van der Waals surface area contributed by atoms with Gasteiger partial charge in [0.2, 0.25) is 0 Å². The number of nitrogens with zero attached hydrogens (tertiary/aromatic N) is 1. The molecule has 0 aliphatic carbocycles. The molecule has 0 aliphatic rings. The number of hydrogen-bond donors (Lipinski definition) is 1. The molecule has 1 heterocycles. The van der Waals surface area contributed by atoms with Crippen LogP contribution in [0, 0.1) is 0 Å². The predicted molar refractivity (Wildman–Crippen MR) is 102 cm³/mol. The molecule has 0 saturated heterocycles. The molecule has 0 aliphatic heterocycles. The van der Waals surface area contributed by atoms with Gasteiger partial charge in [0.15, 0.2) is 0 Å². The fourth-order valence-corrected chi connectivity index (χ4v) is 3.39. The Morgan fingerprint density at radius 1 is 1.15 bits per heavy atom. The molecule has 3 aromatic rings. The van der Waals surface area contributed by atoms with Gasteiger partial charge in [-0.1, -0.05) is 18.2 Å². The molecule has 1 N–H and O–H groups in total. The number of sulfone groups is 1. The average molecular weight is 369 g/mol. The van der Waals surface area contributed by atoms with Crippen LogP contribution in [0.2, 0.25) is 0 Å². The quantitative estimate of drug-likeness (QED) is 0.743. The van der Waals surface area contributed by atoms with Gasteiger partial charge in [-0.25, -0.2) is 13.2 Å². The van der Waals surface area contributed by atoms with Gasteiger partial charge in [-0.05, 0) is 54.8 Å². The summed E-state index contributed by atoms with van der Waals surface area (Å²) in [6, 6.07) is 14.3. The summed E-state index contributed by atoms with van der Waals surface area (Å²) in [5, 5.41) is 9.64.